The largest absolute Gasteiger partial charge is 0.507 e. The lowest BCUT2D eigenvalue weighted by molar-refractivity contribution is 0.414. The maximum atomic E-state index is 12.7. The van der Waals surface area contributed by atoms with Gasteiger partial charge >= 0.3 is 0 Å². The quantitative estimate of drug-likeness (QED) is 0.664. The topological polar surface area (TPSA) is 75.6 Å². The van der Waals surface area contributed by atoms with Crippen molar-refractivity contribution in [1.82, 2.24) is 0 Å². The molecule has 0 radical (unpaired) electrons. The second kappa shape index (κ2) is 6.46. The molecule has 0 aliphatic heterocycles. The van der Waals surface area contributed by atoms with Gasteiger partial charge in [0.25, 0.3) is 10.0 Å². The minimum Gasteiger partial charge on any atom is -0.507 e. The highest BCUT2D eigenvalue weighted by atomic mass is 35.5. The molecular weight excluding hydrogens is 362 g/mol. The monoisotopic (exact) mass is 377 g/mol. The number of ether oxygens (including phenoxy) is 1. The Labute approximate surface area is 150 Å². The van der Waals surface area contributed by atoms with E-state index in [1.165, 1.54) is 25.3 Å². The number of sulfonamides is 1. The molecular formula is C18H16ClNO4S. The summed E-state index contributed by atoms with van der Waals surface area (Å²) in [6.45, 7) is 1.71. The van der Waals surface area contributed by atoms with E-state index < -0.39 is 10.0 Å². The Hall–Kier alpha value is -2.44. The van der Waals surface area contributed by atoms with Crippen molar-refractivity contribution in [3.63, 3.8) is 0 Å². The van der Waals surface area contributed by atoms with E-state index in [1.807, 2.05) is 0 Å². The Morgan fingerprint density at radius 1 is 1.08 bits per heavy atom. The molecule has 0 bridgehead atoms. The number of halogens is 1. The van der Waals surface area contributed by atoms with Crippen LogP contribution < -0.4 is 9.46 Å². The SMILES string of the molecule is COc1ccc(S(=O)(=O)Nc2cc(C)c(O)c3ccccc23)cc1Cl. The van der Waals surface area contributed by atoms with Crippen LogP contribution in [-0.4, -0.2) is 20.6 Å². The fourth-order valence-corrected chi connectivity index (χ4v) is 4.02. The van der Waals surface area contributed by atoms with Gasteiger partial charge in [0.05, 0.1) is 22.7 Å². The van der Waals surface area contributed by atoms with Crippen molar-refractivity contribution >= 4 is 38.1 Å². The summed E-state index contributed by atoms with van der Waals surface area (Å²) < 4.78 is 33.1. The normalized spacial score (nSPS) is 11.5. The first-order valence-corrected chi connectivity index (χ1v) is 9.27. The van der Waals surface area contributed by atoms with Crippen molar-refractivity contribution in [2.24, 2.45) is 0 Å². The Morgan fingerprint density at radius 2 is 1.76 bits per heavy atom. The number of benzene rings is 3. The first kappa shape index (κ1) is 17.4. The van der Waals surface area contributed by atoms with Crippen molar-refractivity contribution in [3.05, 3.63) is 59.1 Å². The number of phenols is 1. The lowest BCUT2D eigenvalue weighted by Crippen LogP contribution is -2.13. The van der Waals surface area contributed by atoms with Gasteiger partial charge in [-0.1, -0.05) is 35.9 Å². The van der Waals surface area contributed by atoms with Gasteiger partial charge in [0, 0.05) is 10.8 Å². The van der Waals surface area contributed by atoms with Crippen molar-refractivity contribution < 1.29 is 18.3 Å². The van der Waals surface area contributed by atoms with Crippen LogP contribution in [0.3, 0.4) is 0 Å². The number of methoxy groups -OCH3 is 1. The lowest BCUT2D eigenvalue weighted by Gasteiger charge is -2.14. The van der Waals surface area contributed by atoms with Crippen LogP contribution in [-0.2, 0) is 10.0 Å². The van der Waals surface area contributed by atoms with Crippen LogP contribution in [0.2, 0.25) is 5.02 Å². The molecule has 0 aliphatic carbocycles. The molecule has 130 valence electrons. The second-order valence-electron chi connectivity index (χ2n) is 5.54. The van der Waals surface area contributed by atoms with Crippen molar-refractivity contribution in [3.8, 4) is 11.5 Å². The molecule has 2 N–H and O–H groups in total. The summed E-state index contributed by atoms with van der Waals surface area (Å²) in [5.41, 5.74) is 0.960. The summed E-state index contributed by atoms with van der Waals surface area (Å²) in [7, 11) is -2.40. The van der Waals surface area contributed by atoms with E-state index in [9.17, 15) is 13.5 Å². The molecule has 3 rings (SSSR count). The fraction of sp³-hybridized carbons (Fsp3) is 0.111. The smallest absolute Gasteiger partial charge is 0.261 e. The molecule has 0 aliphatic rings. The van der Waals surface area contributed by atoms with Crippen LogP contribution in [0.4, 0.5) is 5.69 Å². The highest BCUT2D eigenvalue weighted by Crippen LogP contribution is 2.35. The molecule has 3 aromatic carbocycles. The third kappa shape index (κ3) is 3.23. The summed E-state index contributed by atoms with van der Waals surface area (Å²) in [5.74, 6) is 0.526. The summed E-state index contributed by atoms with van der Waals surface area (Å²) in [6, 6.07) is 12.9. The van der Waals surface area contributed by atoms with Gasteiger partial charge in [-0.2, -0.15) is 0 Å². The zero-order valence-corrected chi connectivity index (χ0v) is 15.1. The maximum Gasteiger partial charge on any atom is 0.261 e. The Balaban J connectivity index is 2.09. The Bertz CT molecular complexity index is 1060. The van der Waals surface area contributed by atoms with E-state index in [2.05, 4.69) is 4.72 Å². The van der Waals surface area contributed by atoms with E-state index >= 15 is 0 Å². The van der Waals surface area contributed by atoms with Gasteiger partial charge in [-0.15, -0.1) is 0 Å². The van der Waals surface area contributed by atoms with E-state index in [0.717, 1.165) is 0 Å². The highest BCUT2D eigenvalue weighted by Gasteiger charge is 2.18. The Morgan fingerprint density at radius 3 is 2.40 bits per heavy atom. The van der Waals surface area contributed by atoms with E-state index in [-0.39, 0.29) is 15.7 Å². The van der Waals surface area contributed by atoms with Crippen LogP contribution in [0.1, 0.15) is 5.56 Å². The molecule has 7 heteroatoms. The highest BCUT2D eigenvalue weighted by molar-refractivity contribution is 7.92. The third-order valence-electron chi connectivity index (χ3n) is 3.88. The van der Waals surface area contributed by atoms with Crippen LogP contribution in [0.5, 0.6) is 11.5 Å². The van der Waals surface area contributed by atoms with Gasteiger partial charge in [0.1, 0.15) is 11.5 Å². The molecule has 0 spiro atoms. The van der Waals surface area contributed by atoms with E-state index in [4.69, 9.17) is 16.3 Å². The minimum absolute atomic E-state index is 0.0214. The maximum absolute atomic E-state index is 12.7. The molecule has 0 aromatic heterocycles. The number of fused-ring (bicyclic) bond motifs is 1. The molecule has 3 aromatic rings. The Kier molecular flexibility index (Phi) is 4.49. The molecule has 0 saturated heterocycles. The number of anilines is 1. The predicted octanol–water partition coefficient (Wildman–Crippen LogP) is 4.32. The van der Waals surface area contributed by atoms with Gasteiger partial charge < -0.3 is 9.84 Å². The minimum atomic E-state index is -3.85. The number of hydrogen-bond acceptors (Lipinski definition) is 4. The van der Waals surface area contributed by atoms with Gasteiger partial charge in [-0.25, -0.2) is 8.42 Å². The average molecular weight is 378 g/mol. The number of hydrogen-bond donors (Lipinski definition) is 2. The van der Waals surface area contributed by atoms with Crippen molar-refractivity contribution in [2.75, 3.05) is 11.8 Å². The van der Waals surface area contributed by atoms with Crippen LogP contribution >= 0.6 is 11.6 Å². The van der Waals surface area contributed by atoms with Gasteiger partial charge in [0.15, 0.2) is 0 Å². The van der Waals surface area contributed by atoms with E-state index in [1.54, 1.807) is 37.3 Å². The zero-order valence-electron chi connectivity index (χ0n) is 13.6. The molecule has 0 atom stereocenters. The summed E-state index contributed by atoms with van der Waals surface area (Å²) in [4.78, 5) is 0.0214. The predicted molar refractivity (Wildman–Crippen MR) is 99.2 cm³/mol. The first-order chi connectivity index (χ1) is 11.8. The van der Waals surface area contributed by atoms with Crippen molar-refractivity contribution in [2.45, 2.75) is 11.8 Å². The van der Waals surface area contributed by atoms with Crippen LogP contribution in [0.15, 0.2) is 53.4 Å². The third-order valence-corrected chi connectivity index (χ3v) is 5.54. The number of nitrogens with one attached hydrogen (secondary N) is 1. The lowest BCUT2D eigenvalue weighted by atomic mass is 10.0. The summed E-state index contributed by atoms with van der Waals surface area (Å²) in [5, 5.41) is 11.6. The molecule has 0 fully saturated rings. The summed E-state index contributed by atoms with van der Waals surface area (Å²) >= 11 is 6.03. The number of aromatic hydroxyl groups is 1. The second-order valence-corrected chi connectivity index (χ2v) is 7.63. The van der Waals surface area contributed by atoms with Gasteiger partial charge in [0.2, 0.25) is 0 Å². The average Bonchev–Trinajstić information content (AvgIpc) is 2.59. The van der Waals surface area contributed by atoms with Gasteiger partial charge in [-0.05, 0) is 36.8 Å². The molecule has 5 nitrogen and oxygen atoms in total. The molecule has 0 unspecified atom stereocenters. The molecule has 0 amide bonds. The standard InChI is InChI=1S/C18H16ClNO4S/c1-11-9-16(13-5-3-4-6-14(13)18(11)21)20-25(22,23)12-7-8-17(24-2)15(19)10-12/h3-10,20-21H,1-2H3. The first-order valence-electron chi connectivity index (χ1n) is 7.41. The van der Waals surface area contributed by atoms with Gasteiger partial charge in [-0.3, -0.25) is 4.72 Å². The van der Waals surface area contributed by atoms with Crippen LogP contribution in [0.25, 0.3) is 10.8 Å². The molecule has 25 heavy (non-hydrogen) atoms. The zero-order chi connectivity index (χ0) is 18.2. The number of rotatable bonds is 4. The van der Waals surface area contributed by atoms with E-state index in [0.29, 0.717) is 27.8 Å². The van der Waals surface area contributed by atoms with Crippen LogP contribution in [0, 0.1) is 6.92 Å². The fourth-order valence-electron chi connectivity index (χ4n) is 2.60. The molecule has 0 heterocycles. The number of phenolic OH excluding ortho intramolecular Hbond substituents is 1. The van der Waals surface area contributed by atoms with Crippen molar-refractivity contribution in [1.29, 1.82) is 0 Å². The summed E-state index contributed by atoms with van der Waals surface area (Å²) in [6.07, 6.45) is 0. The molecule has 0 saturated carbocycles. The number of aryl methyl sites for hydroxylation is 1.